The molecule has 2 saturated heterocycles. The second-order valence-electron chi connectivity index (χ2n) is 6.82. The fourth-order valence-corrected chi connectivity index (χ4v) is 4.40. The maximum absolute atomic E-state index is 12.4. The number of carbonyl (C=O) groups excluding carboxylic acids is 1. The maximum Gasteiger partial charge on any atom is 0.253 e. The molecule has 1 N–H and O–H groups in total. The highest BCUT2D eigenvalue weighted by Crippen LogP contribution is 2.29. The van der Waals surface area contributed by atoms with Gasteiger partial charge in [0.25, 0.3) is 5.91 Å². The predicted molar refractivity (Wildman–Crippen MR) is 98.0 cm³/mol. The van der Waals surface area contributed by atoms with Crippen LogP contribution in [0.2, 0.25) is 5.02 Å². The third-order valence-electron chi connectivity index (χ3n) is 4.79. The van der Waals surface area contributed by atoms with Gasteiger partial charge in [-0.2, -0.15) is 0 Å². The van der Waals surface area contributed by atoms with E-state index in [1.54, 1.807) is 23.1 Å². The van der Waals surface area contributed by atoms with Gasteiger partial charge in [-0.25, -0.2) is 12.7 Å². The van der Waals surface area contributed by atoms with Crippen LogP contribution in [-0.2, 0) is 10.0 Å². The van der Waals surface area contributed by atoms with Gasteiger partial charge in [0.05, 0.1) is 17.4 Å². The van der Waals surface area contributed by atoms with Gasteiger partial charge in [-0.3, -0.25) is 4.79 Å². The first-order chi connectivity index (χ1) is 12.2. The van der Waals surface area contributed by atoms with E-state index in [2.05, 4.69) is 0 Å². The summed E-state index contributed by atoms with van der Waals surface area (Å²) < 4.78 is 30.4. The quantitative estimate of drug-likeness (QED) is 0.821. The fourth-order valence-electron chi connectivity index (χ4n) is 3.30. The topological polar surface area (TPSA) is 87.2 Å². The van der Waals surface area contributed by atoms with Crippen molar-refractivity contribution < 1.29 is 23.1 Å². The number of rotatable bonds is 4. The number of hydrogen-bond donors (Lipinski definition) is 1. The molecule has 9 heteroatoms. The van der Waals surface area contributed by atoms with Crippen molar-refractivity contribution in [1.29, 1.82) is 0 Å². The summed E-state index contributed by atoms with van der Waals surface area (Å²) in [4.78, 5) is 14.0. The smallest absolute Gasteiger partial charge is 0.253 e. The molecule has 0 aliphatic carbocycles. The standard InChI is InChI=1S/C17H23ClN2O5S/c1-26(23,24)20-8-5-14(6-9-20)25-16-3-2-12(10-15(16)18)17(22)19-7-4-13(21)11-19/h2-3,10,13-14,21H,4-9,11H2,1H3/t13-/m1/s1. The number of aliphatic hydroxyl groups is 1. The zero-order valence-electron chi connectivity index (χ0n) is 14.6. The van der Waals surface area contributed by atoms with Crippen molar-refractivity contribution in [1.82, 2.24) is 9.21 Å². The van der Waals surface area contributed by atoms with E-state index < -0.39 is 16.1 Å². The fraction of sp³-hybridized carbons (Fsp3) is 0.588. The van der Waals surface area contributed by atoms with E-state index >= 15 is 0 Å². The molecular formula is C17H23ClN2O5S. The summed E-state index contributed by atoms with van der Waals surface area (Å²) in [6.45, 7) is 1.73. The highest BCUT2D eigenvalue weighted by molar-refractivity contribution is 7.88. The predicted octanol–water partition coefficient (Wildman–Crippen LogP) is 1.35. The number of hydrogen-bond acceptors (Lipinski definition) is 5. The Kier molecular flexibility index (Phi) is 5.76. The normalized spacial score (nSPS) is 22.6. The van der Waals surface area contributed by atoms with E-state index in [9.17, 15) is 18.3 Å². The van der Waals surface area contributed by atoms with Crippen LogP contribution in [0.5, 0.6) is 5.75 Å². The van der Waals surface area contributed by atoms with E-state index in [1.807, 2.05) is 0 Å². The van der Waals surface area contributed by atoms with Crippen LogP contribution in [-0.4, -0.2) is 73.3 Å². The summed E-state index contributed by atoms with van der Waals surface area (Å²) >= 11 is 6.28. The first-order valence-electron chi connectivity index (χ1n) is 8.62. The van der Waals surface area contributed by atoms with Gasteiger partial charge in [-0.15, -0.1) is 0 Å². The van der Waals surface area contributed by atoms with Gasteiger partial charge in [0.15, 0.2) is 0 Å². The van der Waals surface area contributed by atoms with E-state index in [4.69, 9.17) is 16.3 Å². The molecule has 2 aliphatic heterocycles. The first-order valence-corrected chi connectivity index (χ1v) is 10.9. The lowest BCUT2D eigenvalue weighted by molar-refractivity contribution is 0.0765. The second kappa shape index (κ2) is 7.72. The SMILES string of the molecule is CS(=O)(=O)N1CCC(Oc2ccc(C(=O)N3CC[C@@H](O)C3)cc2Cl)CC1. The summed E-state index contributed by atoms with van der Waals surface area (Å²) in [6, 6.07) is 4.92. The van der Waals surface area contributed by atoms with E-state index in [0.717, 1.165) is 0 Å². The van der Waals surface area contributed by atoms with Crippen LogP contribution in [0.25, 0.3) is 0 Å². The number of carbonyl (C=O) groups is 1. The lowest BCUT2D eigenvalue weighted by atomic mass is 10.1. The highest BCUT2D eigenvalue weighted by Gasteiger charge is 2.28. The summed E-state index contributed by atoms with van der Waals surface area (Å²) in [5.74, 6) is 0.332. The monoisotopic (exact) mass is 402 g/mol. The molecule has 1 aromatic rings. The molecule has 2 fully saturated rings. The Labute approximate surface area is 158 Å². The molecule has 0 radical (unpaired) electrons. The molecule has 0 unspecified atom stereocenters. The van der Waals surface area contributed by atoms with E-state index in [-0.39, 0.29) is 12.0 Å². The third-order valence-corrected chi connectivity index (χ3v) is 6.39. The van der Waals surface area contributed by atoms with Crippen LogP contribution < -0.4 is 4.74 Å². The second-order valence-corrected chi connectivity index (χ2v) is 9.21. The number of likely N-dealkylation sites (tertiary alicyclic amines) is 1. The van der Waals surface area contributed by atoms with Crippen molar-refractivity contribution in [2.75, 3.05) is 32.4 Å². The molecule has 0 saturated carbocycles. The number of aliphatic hydroxyl groups excluding tert-OH is 1. The summed E-state index contributed by atoms with van der Waals surface area (Å²) in [5.41, 5.74) is 0.461. The average Bonchev–Trinajstić information content (AvgIpc) is 3.02. The number of nitrogens with zero attached hydrogens (tertiary/aromatic N) is 2. The minimum atomic E-state index is -3.17. The highest BCUT2D eigenvalue weighted by atomic mass is 35.5. The van der Waals surface area contributed by atoms with Crippen molar-refractivity contribution in [3.63, 3.8) is 0 Å². The van der Waals surface area contributed by atoms with Crippen molar-refractivity contribution in [3.05, 3.63) is 28.8 Å². The van der Waals surface area contributed by atoms with Crippen LogP contribution >= 0.6 is 11.6 Å². The number of halogens is 1. The number of amides is 1. The third kappa shape index (κ3) is 4.49. The van der Waals surface area contributed by atoms with Gasteiger partial charge < -0.3 is 14.7 Å². The van der Waals surface area contributed by atoms with Crippen molar-refractivity contribution in [2.24, 2.45) is 0 Å². The number of piperidine rings is 1. The minimum Gasteiger partial charge on any atom is -0.489 e. The van der Waals surface area contributed by atoms with Crippen LogP contribution in [0.15, 0.2) is 18.2 Å². The number of benzene rings is 1. The maximum atomic E-state index is 12.4. The Balaban J connectivity index is 1.61. The van der Waals surface area contributed by atoms with Crippen molar-refractivity contribution in [3.8, 4) is 5.75 Å². The van der Waals surface area contributed by atoms with E-state index in [1.165, 1.54) is 10.6 Å². The molecular weight excluding hydrogens is 380 g/mol. The van der Waals surface area contributed by atoms with Gasteiger partial charge in [-0.1, -0.05) is 11.6 Å². The van der Waals surface area contributed by atoms with Crippen LogP contribution in [0.1, 0.15) is 29.6 Å². The Morgan fingerprint density at radius 1 is 1.23 bits per heavy atom. The molecule has 3 rings (SSSR count). The van der Waals surface area contributed by atoms with Gasteiger partial charge in [0, 0.05) is 31.7 Å². The van der Waals surface area contributed by atoms with Crippen molar-refractivity contribution >= 4 is 27.5 Å². The molecule has 7 nitrogen and oxygen atoms in total. The zero-order valence-corrected chi connectivity index (χ0v) is 16.2. The Morgan fingerprint density at radius 3 is 2.46 bits per heavy atom. The van der Waals surface area contributed by atoms with Gasteiger partial charge in [-0.05, 0) is 37.5 Å². The van der Waals surface area contributed by atoms with Crippen LogP contribution in [0, 0.1) is 0 Å². The summed E-state index contributed by atoms with van der Waals surface area (Å²) in [6.07, 6.45) is 2.41. The summed E-state index contributed by atoms with van der Waals surface area (Å²) in [7, 11) is -3.17. The lowest BCUT2D eigenvalue weighted by Gasteiger charge is -2.30. The first kappa shape index (κ1) is 19.4. The van der Waals surface area contributed by atoms with Crippen LogP contribution in [0.3, 0.4) is 0 Å². The number of β-amino-alcohol motifs (C(OH)–C–C–N with tert-alkyl or cyclic N) is 1. The zero-order chi connectivity index (χ0) is 18.9. The minimum absolute atomic E-state index is 0.110. The molecule has 1 atom stereocenters. The Hall–Kier alpha value is -1.35. The molecule has 0 aromatic heterocycles. The molecule has 0 spiro atoms. The van der Waals surface area contributed by atoms with Gasteiger partial charge in [0.2, 0.25) is 10.0 Å². The van der Waals surface area contributed by atoms with Crippen molar-refractivity contribution in [2.45, 2.75) is 31.5 Å². The molecule has 0 bridgehead atoms. The van der Waals surface area contributed by atoms with Crippen LogP contribution in [0.4, 0.5) is 0 Å². The number of ether oxygens (including phenoxy) is 1. The number of sulfonamides is 1. The van der Waals surface area contributed by atoms with Gasteiger partial charge >= 0.3 is 0 Å². The Morgan fingerprint density at radius 2 is 1.92 bits per heavy atom. The molecule has 144 valence electrons. The lowest BCUT2D eigenvalue weighted by Crippen LogP contribution is -2.41. The molecule has 2 aliphatic rings. The molecule has 26 heavy (non-hydrogen) atoms. The van der Waals surface area contributed by atoms with Gasteiger partial charge in [0.1, 0.15) is 11.9 Å². The largest absolute Gasteiger partial charge is 0.489 e. The van der Waals surface area contributed by atoms with E-state index in [0.29, 0.717) is 61.8 Å². The molecule has 2 heterocycles. The summed E-state index contributed by atoms with van der Waals surface area (Å²) in [5, 5.41) is 9.91. The Bertz CT molecular complexity index is 777. The average molecular weight is 403 g/mol. The molecule has 1 amide bonds. The molecule has 1 aromatic carbocycles.